The Kier molecular flexibility index (Phi) is 4.71. The molecule has 0 N–H and O–H groups in total. The van der Waals surface area contributed by atoms with Gasteiger partial charge in [-0.25, -0.2) is 14.2 Å². The van der Waals surface area contributed by atoms with Gasteiger partial charge in [0.05, 0.1) is 19.2 Å². The van der Waals surface area contributed by atoms with Gasteiger partial charge in [0.25, 0.3) is 5.88 Å². The molecule has 25 heavy (non-hydrogen) atoms. The van der Waals surface area contributed by atoms with Crippen molar-refractivity contribution in [1.29, 1.82) is 0 Å². The number of hydrogen-bond donors (Lipinski definition) is 0. The Labute approximate surface area is 152 Å². The number of carbonyl (C=O) groups excluding carboxylic acids is 1. The van der Waals surface area contributed by atoms with E-state index >= 15 is 0 Å². The molecule has 1 aliphatic rings. The van der Waals surface area contributed by atoms with Crippen molar-refractivity contribution in [2.45, 2.75) is 18.4 Å². The molecule has 1 aliphatic carbocycles. The highest BCUT2D eigenvalue weighted by Crippen LogP contribution is 2.45. The molecular weight excluding hydrogens is 374 g/mol. The lowest BCUT2D eigenvalue weighted by Crippen LogP contribution is -2.31. The molecule has 0 saturated heterocycles. The molecule has 6 nitrogen and oxygen atoms in total. The standard InChI is InChI=1S/C16H13Cl2FN2O4/c1-23-11-12(18)20-13(8-3-4-9(17)10(19)7-8)21-14(11)25-16(5-6-16)15(22)24-2/h3-4,7H,5-6H2,1-2H3. The molecule has 0 atom stereocenters. The number of nitrogens with zero attached hydrogens (tertiary/aromatic N) is 2. The summed E-state index contributed by atoms with van der Waals surface area (Å²) in [5.74, 6) is -0.961. The van der Waals surface area contributed by atoms with Gasteiger partial charge in [0.1, 0.15) is 5.82 Å². The van der Waals surface area contributed by atoms with Crippen molar-refractivity contribution >= 4 is 29.2 Å². The van der Waals surface area contributed by atoms with E-state index in [1.165, 1.54) is 26.4 Å². The first-order valence-corrected chi connectivity index (χ1v) is 8.00. The molecule has 0 spiro atoms. The van der Waals surface area contributed by atoms with Crippen LogP contribution in [0.4, 0.5) is 4.39 Å². The van der Waals surface area contributed by atoms with Crippen LogP contribution in [0.5, 0.6) is 11.6 Å². The molecule has 0 radical (unpaired) electrons. The van der Waals surface area contributed by atoms with Crippen LogP contribution >= 0.6 is 23.2 Å². The van der Waals surface area contributed by atoms with E-state index in [0.717, 1.165) is 0 Å². The van der Waals surface area contributed by atoms with Gasteiger partial charge in [-0.1, -0.05) is 23.2 Å². The summed E-state index contributed by atoms with van der Waals surface area (Å²) < 4.78 is 29.4. The molecule has 3 rings (SSSR count). The summed E-state index contributed by atoms with van der Waals surface area (Å²) in [6.07, 6.45) is 0.963. The van der Waals surface area contributed by atoms with Crippen LogP contribution in [0.2, 0.25) is 10.2 Å². The zero-order chi connectivity index (χ0) is 18.2. The molecule has 9 heteroatoms. The van der Waals surface area contributed by atoms with E-state index in [1.807, 2.05) is 0 Å². The lowest BCUT2D eigenvalue weighted by molar-refractivity contribution is -0.151. The molecule has 2 aromatic rings. The number of aromatic nitrogens is 2. The SMILES string of the molecule is COC(=O)C1(Oc2nc(-c3ccc(Cl)c(F)c3)nc(Cl)c2OC)CC1. The predicted molar refractivity (Wildman–Crippen MR) is 88.6 cm³/mol. The Hall–Kier alpha value is -2.12. The van der Waals surface area contributed by atoms with Crippen molar-refractivity contribution in [2.75, 3.05) is 14.2 Å². The van der Waals surface area contributed by atoms with E-state index in [2.05, 4.69) is 9.97 Å². The molecule has 132 valence electrons. The van der Waals surface area contributed by atoms with Gasteiger partial charge in [-0.15, -0.1) is 0 Å². The zero-order valence-corrected chi connectivity index (χ0v) is 14.8. The average Bonchev–Trinajstić information content (AvgIpc) is 3.37. The maximum Gasteiger partial charge on any atom is 0.350 e. The van der Waals surface area contributed by atoms with Gasteiger partial charge in [0.15, 0.2) is 11.0 Å². The normalized spacial score (nSPS) is 14.8. The summed E-state index contributed by atoms with van der Waals surface area (Å²) >= 11 is 11.8. The smallest absolute Gasteiger partial charge is 0.350 e. The van der Waals surface area contributed by atoms with E-state index in [1.54, 1.807) is 6.07 Å². The number of methoxy groups -OCH3 is 2. The number of esters is 1. The molecule has 1 heterocycles. The van der Waals surface area contributed by atoms with Crippen LogP contribution in [-0.4, -0.2) is 35.8 Å². The number of ether oxygens (including phenoxy) is 3. The maximum absolute atomic E-state index is 13.7. The number of rotatable bonds is 5. The lowest BCUT2D eigenvalue weighted by atomic mass is 10.2. The minimum absolute atomic E-state index is 0.0178. The number of carbonyl (C=O) groups is 1. The van der Waals surface area contributed by atoms with Gasteiger partial charge in [-0.2, -0.15) is 4.98 Å². The Morgan fingerprint density at radius 2 is 1.96 bits per heavy atom. The van der Waals surface area contributed by atoms with Crippen LogP contribution in [0.3, 0.4) is 0 Å². The molecule has 0 aliphatic heterocycles. The van der Waals surface area contributed by atoms with E-state index in [-0.39, 0.29) is 27.6 Å². The van der Waals surface area contributed by atoms with Gasteiger partial charge in [0, 0.05) is 18.4 Å². The molecule has 0 bridgehead atoms. The van der Waals surface area contributed by atoms with Gasteiger partial charge in [0.2, 0.25) is 11.4 Å². The third-order valence-electron chi connectivity index (χ3n) is 3.73. The first-order chi connectivity index (χ1) is 11.9. The molecular formula is C16H13Cl2FN2O4. The van der Waals surface area contributed by atoms with Gasteiger partial charge < -0.3 is 14.2 Å². The van der Waals surface area contributed by atoms with Crippen molar-refractivity contribution in [1.82, 2.24) is 9.97 Å². The minimum atomic E-state index is -1.11. The minimum Gasteiger partial charge on any atom is -0.489 e. The van der Waals surface area contributed by atoms with Crippen LogP contribution < -0.4 is 9.47 Å². The van der Waals surface area contributed by atoms with Crippen LogP contribution in [0.1, 0.15) is 12.8 Å². The number of benzene rings is 1. The Morgan fingerprint density at radius 1 is 1.24 bits per heavy atom. The zero-order valence-electron chi connectivity index (χ0n) is 13.3. The third kappa shape index (κ3) is 3.34. The largest absolute Gasteiger partial charge is 0.489 e. The second-order valence-electron chi connectivity index (χ2n) is 5.39. The number of halogens is 3. The molecule has 0 unspecified atom stereocenters. The molecule has 1 aromatic carbocycles. The molecule has 1 fully saturated rings. The molecule has 0 amide bonds. The van der Waals surface area contributed by atoms with Crippen LogP contribution in [-0.2, 0) is 9.53 Å². The Morgan fingerprint density at radius 3 is 2.52 bits per heavy atom. The third-order valence-corrected chi connectivity index (χ3v) is 4.29. The highest BCUT2D eigenvalue weighted by Gasteiger charge is 2.55. The lowest BCUT2D eigenvalue weighted by Gasteiger charge is -2.17. The summed E-state index contributed by atoms with van der Waals surface area (Å²) in [5.41, 5.74) is -0.762. The maximum atomic E-state index is 13.7. The van der Waals surface area contributed by atoms with Crippen LogP contribution in [0.15, 0.2) is 18.2 Å². The Bertz CT molecular complexity index is 843. The fourth-order valence-electron chi connectivity index (χ4n) is 2.24. The van der Waals surface area contributed by atoms with Crippen molar-refractivity contribution in [2.24, 2.45) is 0 Å². The first-order valence-electron chi connectivity index (χ1n) is 7.24. The second-order valence-corrected chi connectivity index (χ2v) is 6.16. The van der Waals surface area contributed by atoms with Crippen molar-refractivity contribution in [3.63, 3.8) is 0 Å². The van der Waals surface area contributed by atoms with Crippen molar-refractivity contribution in [3.8, 4) is 23.0 Å². The topological polar surface area (TPSA) is 70.5 Å². The summed E-state index contributed by atoms with van der Waals surface area (Å²) in [5, 5.41) is -0.0546. The molecule has 1 aromatic heterocycles. The van der Waals surface area contributed by atoms with Gasteiger partial charge in [-0.05, 0) is 18.2 Å². The summed E-state index contributed by atoms with van der Waals surface area (Å²) in [4.78, 5) is 20.2. The monoisotopic (exact) mass is 386 g/mol. The fraction of sp³-hybridized carbons (Fsp3) is 0.312. The second kappa shape index (κ2) is 6.65. The van der Waals surface area contributed by atoms with E-state index in [4.69, 9.17) is 37.4 Å². The van der Waals surface area contributed by atoms with Crippen LogP contribution in [0, 0.1) is 5.82 Å². The van der Waals surface area contributed by atoms with Gasteiger partial charge >= 0.3 is 5.97 Å². The van der Waals surface area contributed by atoms with Crippen molar-refractivity contribution < 1.29 is 23.4 Å². The van der Waals surface area contributed by atoms with E-state index in [0.29, 0.717) is 18.4 Å². The van der Waals surface area contributed by atoms with E-state index < -0.39 is 17.4 Å². The molecule has 1 saturated carbocycles. The highest BCUT2D eigenvalue weighted by atomic mass is 35.5. The van der Waals surface area contributed by atoms with Crippen LogP contribution in [0.25, 0.3) is 11.4 Å². The van der Waals surface area contributed by atoms with E-state index in [9.17, 15) is 9.18 Å². The van der Waals surface area contributed by atoms with Gasteiger partial charge in [-0.3, -0.25) is 0 Å². The quantitative estimate of drug-likeness (QED) is 0.576. The average molecular weight is 387 g/mol. The Balaban J connectivity index is 2.04. The predicted octanol–water partition coefficient (Wildman–Crippen LogP) is 3.68. The van der Waals surface area contributed by atoms with Crippen molar-refractivity contribution in [3.05, 3.63) is 34.2 Å². The highest BCUT2D eigenvalue weighted by molar-refractivity contribution is 6.31. The fourth-order valence-corrected chi connectivity index (χ4v) is 2.60. The summed E-state index contributed by atoms with van der Waals surface area (Å²) in [6.45, 7) is 0. The number of hydrogen-bond acceptors (Lipinski definition) is 6. The summed E-state index contributed by atoms with van der Waals surface area (Å²) in [6, 6.07) is 4.10. The first kappa shape index (κ1) is 17.7. The summed E-state index contributed by atoms with van der Waals surface area (Å²) in [7, 11) is 2.65.